The molecule has 6 heteroatoms. The van der Waals surface area contributed by atoms with Crippen molar-refractivity contribution in [3.8, 4) is 11.8 Å². The van der Waals surface area contributed by atoms with Crippen LogP contribution in [0, 0.1) is 18.3 Å². The van der Waals surface area contributed by atoms with Gasteiger partial charge in [0.25, 0.3) is 0 Å². The van der Waals surface area contributed by atoms with Gasteiger partial charge in [0.05, 0.1) is 18.7 Å². The van der Waals surface area contributed by atoms with Gasteiger partial charge in [-0.05, 0) is 25.1 Å². The number of Topliss-reactive ketones (excluding diaryl/α,β-unsaturated/α-hetero) is 1. The number of halogens is 1. The fourth-order valence-electron chi connectivity index (χ4n) is 1.75. The molecular weight excluding hydrogens is 296 g/mol. The van der Waals surface area contributed by atoms with Gasteiger partial charge in [0, 0.05) is 16.1 Å². The fourth-order valence-corrected chi connectivity index (χ4v) is 2.75. The van der Waals surface area contributed by atoms with Crippen molar-refractivity contribution in [3.63, 3.8) is 0 Å². The largest absolute Gasteiger partial charge is 0.496 e. The molecule has 1 aromatic carbocycles. The van der Waals surface area contributed by atoms with Gasteiger partial charge < -0.3 is 4.74 Å². The van der Waals surface area contributed by atoms with Gasteiger partial charge in [-0.3, -0.25) is 4.79 Å². The highest BCUT2D eigenvalue weighted by molar-refractivity contribution is 7.10. The van der Waals surface area contributed by atoms with E-state index in [-0.39, 0.29) is 5.78 Å². The van der Waals surface area contributed by atoms with E-state index in [2.05, 4.69) is 4.98 Å². The Hall–Kier alpha value is -1.90. The number of ketones is 1. The van der Waals surface area contributed by atoms with Crippen molar-refractivity contribution in [3.05, 3.63) is 44.9 Å². The van der Waals surface area contributed by atoms with Crippen LogP contribution >= 0.6 is 22.9 Å². The summed E-state index contributed by atoms with van der Waals surface area (Å²) in [7, 11) is 1.46. The minimum Gasteiger partial charge on any atom is -0.496 e. The zero-order valence-electron chi connectivity index (χ0n) is 10.9. The third-order valence-electron chi connectivity index (χ3n) is 2.70. The molecule has 0 fully saturated rings. The normalized spacial score (nSPS) is 11.7. The third-order valence-corrected chi connectivity index (χ3v) is 3.97. The summed E-state index contributed by atoms with van der Waals surface area (Å²) in [5.41, 5.74) is 1.12. The molecule has 20 heavy (non-hydrogen) atoms. The molecule has 0 aliphatic heterocycles. The Morgan fingerprint density at radius 2 is 2.30 bits per heavy atom. The number of benzene rings is 1. The van der Waals surface area contributed by atoms with Crippen molar-refractivity contribution < 1.29 is 9.53 Å². The van der Waals surface area contributed by atoms with E-state index in [0.29, 0.717) is 21.3 Å². The summed E-state index contributed by atoms with van der Waals surface area (Å²) >= 11 is 7.17. The Bertz CT molecular complexity index is 691. The zero-order chi connectivity index (χ0) is 14.7. The molecule has 1 heterocycles. The molecule has 0 spiro atoms. The van der Waals surface area contributed by atoms with Crippen molar-refractivity contribution in [2.75, 3.05) is 7.11 Å². The van der Waals surface area contributed by atoms with E-state index < -0.39 is 5.92 Å². The SMILES string of the molecule is COc1cc(Cl)ccc1C(=O)[C@H](C#N)c1nc(C)cs1. The lowest BCUT2D eigenvalue weighted by Gasteiger charge is -2.10. The number of hydrogen-bond acceptors (Lipinski definition) is 5. The number of ether oxygens (including phenoxy) is 1. The summed E-state index contributed by atoms with van der Waals surface area (Å²) in [6.07, 6.45) is 0. The number of carbonyl (C=O) groups excluding carboxylic acids is 1. The summed E-state index contributed by atoms with van der Waals surface area (Å²) in [6, 6.07) is 6.72. The molecule has 0 aliphatic carbocycles. The highest BCUT2D eigenvalue weighted by Crippen LogP contribution is 2.30. The van der Waals surface area contributed by atoms with Gasteiger partial charge in [0.1, 0.15) is 10.8 Å². The summed E-state index contributed by atoms with van der Waals surface area (Å²) in [4.78, 5) is 16.7. The van der Waals surface area contributed by atoms with E-state index in [4.69, 9.17) is 16.3 Å². The first-order valence-corrected chi connectivity index (χ1v) is 7.02. The summed E-state index contributed by atoms with van der Waals surface area (Å²) in [6.45, 7) is 1.82. The molecule has 2 rings (SSSR count). The van der Waals surface area contributed by atoms with E-state index in [9.17, 15) is 10.1 Å². The number of hydrogen-bond donors (Lipinski definition) is 0. The monoisotopic (exact) mass is 306 g/mol. The number of rotatable bonds is 4. The number of aryl methyl sites for hydroxylation is 1. The Kier molecular flexibility index (Phi) is 4.38. The fraction of sp³-hybridized carbons (Fsp3) is 0.214. The van der Waals surface area contributed by atoms with Gasteiger partial charge in [0.2, 0.25) is 0 Å². The minimum absolute atomic E-state index is 0.330. The smallest absolute Gasteiger partial charge is 0.190 e. The van der Waals surface area contributed by atoms with Crippen LogP contribution in [0.1, 0.15) is 27.0 Å². The van der Waals surface area contributed by atoms with Gasteiger partial charge in [-0.15, -0.1) is 11.3 Å². The van der Waals surface area contributed by atoms with Crippen molar-refractivity contribution in [1.29, 1.82) is 5.26 Å². The Morgan fingerprint density at radius 1 is 1.55 bits per heavy atom. The van der Waals surface area contributed by atoms with Crippen molar-refractivity contribution in [1.82, 2.24) is 4.98 Å². The predicted octanol–water partition coefficient (Wildman–Crippen LogP) is 3.60. The van der Waals surface area contributed by atoms with Crippen LogP contribution in [0.3, 0.4) is 0 Å². The van der Waals surface area contributed by atoms with Crippen molar-refractivity contribution in [2.24, 2.45) is 0 Å². The number of aromatic nitrogens is 1. The van der Waals surface area contributed by atoms with Crippen LogP contribution in [0.5, 0.6) is 5.75 Å². The zero-order valence-corrected chi connectivity index (χ0v) is 12.5. The van der Waals surface area contributed by atoms with Crippen LogP contribution < -0.4 is 4.74 Å². The molecule has 0 radical (unpaired) electrons. The highest BCUT2D eigenvalue weighted by Gasteiger charge is 2.27. The maximum Gasteiger partial charge on any atom is 0.190 e. The molecule has 1 atom stereocenters. The van der Waals surface area contributed by atoms with E-state index in [1.807, 2.05) is 18.4 Å². The Balaban J connectivity index is 2.42. The molecule has 2 aromatic rings. The van der Waals surface area contributed by atoms with Crippen molar-refractivity contribution >= 4 is 28.7 Å². The lowest BCUT2D eigenvalue weighted by molar-refractivity contribution is 0.0976. The molecule has 1 aromatic heterocycles. The van der Waals surface area contributed by atoms with Crippen LogP contribution in [-0.4, -0.2) is 17.9 Å². The number of thiazole rings is 1. The topological polar surface area (TPSA) is 63.0 Å². The second-order valence-electron chi connectivity index (χ2n) is 4.10. The van der Waals surface area contributed by atoms with Gasteiger partial charge >= 0.3 is 0 Å². The molecule has 4 nitrogen and oxygen atoms in total. The van der Waals surface area contributed by atoms with E-state index in [1.165, 1.54) is 18.4 Å². The number of carbonyl (C=O) groups is 1. The summed E-state index contributed by atoms with van der Waals surface area (Å²) in [5, 5.41) is 12.0. The van der Waals surface area contributed by atoms with Crippen molar-refractivity contribution in [2.45, 2.75) is 12.8 Å². The van der Waals surface area contributed by atoms with E-state index in [1.54, 1.807) is 18.2 Å². The lowest BCUT2D eigenvalue weighted by Crippen LogP contribution is -2.12. The van der Waals surface area contributed by atoms with E-state index >= 15 is 0 Å². The van der Waals surface area contributed by atoms with Crippen LogP contribution in [0.15, 0.2) is 23.6 Å². The lowest BCUT2D eigenvalue weighted by atomic mass is 9.98. The molecule has 0 saturated carbocycles. The molecule has 0 amide bonds. The maximum atomic E-state index is 12.5. The van der Waals surface area contributed by atoms with Crippen LogP contribution in [0.25, 0.3) is 0 Å². The quantitative estimate of drug-likeness (QED) is 0.810. The molecule has 0 unspecified atom stereocenters. The number of methoxy groups -OCH3 is 1. The first kappa shape index (κ1) is 14.5. The Labute approximate surface area is 125 Å². The predicted molar refractivity (Wildman–Crippen MR) is 77.5 cm³/mol. The number of nitrogens with zero attached hydrogens (tertiary/aromatic N) is 2. The van der Waals surface area contributed by atoms with Gasteiger partial charge in [-0.1, -0.05) is 11.6 Å². The summed E-state index contributed by atoms with van der Waals surface area (Å²) < 4.78 is 5.15. The summed E-state index contributed by atoms with van der Waals surface area (Å²) in [5.74, 6) is -0.907. The molecule has 0 N–H and O–H groups in total. The van der Waals surface area contributed by atoms with E-state index in [0.717, 1.165) is 5.69 Å². The van der Waals surface area contributed by atoms with Gasteiger partial charge in [-0.2, -0.15) is 5.26 Å². The minimum atomic E-state index is -0.927. The molecular formula is C14H11ClN2O2S. The van der Waals surface area contributed by atoms with Crippen LogP contribution in [-0.2, 0) is 0 Å². The van der Waals surface area contributed by atoms with Crippen LogP contribution in [0.4, 0.5) is 0 Å². The third kappa shape index (κ3) is 2.82. The van der Waals surface area contributed by atoms with Gasteiger partial charge in [-0.25, -0.2) is 4.98 Å². The Morgan fingerprint density at radius 3 is 2.85 bits per heavy atom. The average molecular weight is 307 g/mol. The van der Waals surface area contributed by atoms with Crippen LogP contribution in [0.2, 0.25) is 5.02 Å². The number of nitriles is 1. The second-order valence-corrected chi connectivity index (χ2v) is 5.42. The molecule has 0 aliphatic rings. The first-order valence-electron chi connectivity index (χ1n) is 5.76. The average Bonchev–Trinajstić information content (AvgIpc) is 2.85. The standard InChI is InChI=1S/C14H11ClN2O2S/c1-8-7-20-14(17-8)11(6-16)13(18)10-4-3-9(15)5-12(10)19-2/h3-5,7,11H,1-2H3/t11-/m0/s1. The molecule has 0 saturated heterocycles. The molecule has 0 bridgehead atoms. The van der Waals surface area contributed by atoms with Gasteiger partial charge in [0.15, 0.2) is 11.7 Å². The maximum absolute atomic E-state index is 12.5. The molecule has 102 valence electrons. The highest BCUT2D eigenvalue weighted by atomic mass is 35.5. The second kappa shape index (κ2) is 6.04. The first-order chi connectivity index (χ1) is 9.56.